The van der Waals surface area contributed by atoms with Gasteiger partial charge in [0.2, 0.25) is 0 Å². The van der Waals surface area contributed by atoms with Crippen LogP contribution in [0.4, 0.5) is 15.3 Å². The third-order valence-electron chi connectivity index (χ3n) is 5.88. The van der Waals surface area contributed by atoms with E-state index < -0.39 is 21.0 Å². The second kappa shape index (κ2) is 10.4. The molecule has 4 rings (SSSR count). The van der Waals surface area contributed by atoms with E-state index in [1.54, 1.807) is 0 Å². The number of nitrogens with zero attached hydrogens (tertiary/aromatic N) is 4. The van der Waals surface area contributed by atoms with Gasteiger partial charge in [0.15, 0.2) is 0 Å². The molecule has 0 amide bonds. The fourth-order valence-corrected chi connectivity index (χ4v) is 6.77. The van der Waals surface area contributed by atoms with E-state index in [0.29, 0.717) is 30.8 Å². The summed E-state index contributed by atoms with van der Waals surface area (Å²) in [7, 11) is -3.45. The first-order valence-corrected chi connectivity index (χ1v) is 12.9. The molecule has 1 aromatic carbocycles. The van der Waals surface area contributed by atoms with Gasteiger partial charge in [0, 0.05) is 36.8 Å². The van der Waals surface area contributed by atoms with Crippen LogP contribution in [0.2, 0.25) is 5.15 Å². The molecule has 2 aromatic rings. The molecule has 0 bridgehead atoms. The molecule has 0 saturated carbocycles. The number of rotatable bonds is 8. The summed E-state index contributed by atoms with van der Waals surface area (Å²) in [6.07, 6.45) is 7.95. The lowest BCUT2D eigenvalue weighted by atomic mass is 10.1. The van der Waals surface area contributed by atoms with Crippen LogP contribution in [0.25, 0.3) is 0 Å². The minimum atomic E-state index is -3.45. The van der Waals surface area contributed by atoms with Gasteiger partial charge in [0.05, 0.1) is 18.0 Å². The summed E-state index contributed by atoms with van der Waals surface area (Å²) in [4.78, 5) is 28.5. The topological polar surface area (TPSA) is 136 Å². The largest absolute Gasteiger partial charge is 0.494 e. The second-order valence-electron chi connectivity index (χ2n) is 7.96. The van der Waals surface area contributed by atoms with E-state index in [0.717, 1.165) is 36.1 Å². The number of fused-ring (bicyclic) bond motifs is 1. The Labute approximate surface area is 208 Å². The van der Waals surface area contributed by atoms with Crippen LogP contribution in [0.1, 0.15) is 36.8 Å². The van der Waals surface area contributed by atoms with Crippen molar-refractivity contribution in [2.24, 2.45) is 5.16 Å². The normalized spacial score (nSPS) is 18.0. The average molecular weight is 521 g/mol. The molecule has 0 fully saturated rings. The van der Waals surface area contributed by atoms with Crippen molar-refractivity contribution in [2.45, 2.75) is 32.1 Å². The minimum absolute atomic E-state index is 0.142. The van der Waals surface area contributed by atoms with Crippen LogP contribution in [-0.4, -0.2) is 54.2 Å². The van der Waals surface area contributed by atoms with Crippen LogP contribution in [0.3, 0.4) is 0 Å². The number of pyridine rings is 1. The van der Waals surface area contributed by atoms with Crippen LogP contribution in [0.5, 0.6) is 5.75 Å². The van der Waals surface area contributed by atoms with Gasteiger partial charge in [-0.1, -0.05) is 16.8 Å². The fourth-order valence-electron chi connectivity index (χ4n) is 4.22. The SMILES string of the molecule is O=C(O)S1(C(=O)O)N(CCCCCOc2ccc3c(c2)CC/C3=N\O)C=CN1c1ccnc(Cl)c1. The number of benzene rings is 1. The lowest BCUT2D eigenvalue weighted by molar-refractivity contribution is 0.213. The zero-order valence-corrected chi connectivity index (χ0v) is 20.3. The zero-order chi connectivity index (χ0) is 25.0. The number of aromatic nitrogens is 1. The number of carbonyl (C=O) groups is 2. The van der Waals surface area contributed by atoms with E-state index in [1.807, 2.05) is 18.2 Å². The van der Waals surface area contributed by atoms with Crippen molar-refractivity contribution in [1.29, 1.82) is 0 Å². The summed E-state index contributed by atoms with van der Waals surface area (Å²) in [6.45, 7) is 0.745. The van der Waals surface area contributed by atoms with Gasteiger partial charge in [-0.3, -0.25) is 4.31 Å². The summed E-state index contributed by atoms with van der Waals surface area (Å²) >= 11 is 5.94. The lowest BCUT2D eigenvalue weighted by Crippen LogP contribution is -2.39. The highest BCUT2D eigenvalue weighted by molar-refractivity contribution is 8.54. The number of hydrogen-bond acceptors (Lipinski definition) is 8. The number of aryl methyl sites for hydroxylation is 1. The molecule has 0 spiro atoms. The van der Waals surface area contributed by atoms with Crippen LogP contribution in [-0.2, 0) is 6.42 Å². The summed E-state index contributed by atoms with van der Waals surface area (Å²) < 4.78 is 8.49. The highest BCUT2D eigenvalue weighted by Gasteiger charge is 2.53. The first kappa shape index (κ1) is 24.7. The van der Waals surface area contributed by atoms with Crippen LogP contribution in [0, 0.1) is 0 Å². The molecule has 2 aliphatic rings. The van der Waals surface area contributed by atoms with E-state index in [9.17, 15) is 19.8 Å². The number of anilines is 1. The molecule has 186 valence electrons. The molecule has 1 aromatic heterocycles. The van der Waals surface area contributed by atoms with Crippen molar-refractivity contribution in [3.05, 3.63) is 65.2 Å². The molecule has 10 nitrogen and oxygen atoms in total. The van der Waals surface area contributed by atoms with Crippen molar-refractivity contribution >= 4 is 44.0 Å². The molecular weight excluding hydrogens is 496 g/mol. The Morgan fingerprint density at radius 2 is 1.89 bits per heavy atom. The van der Waals surface area contributed by atoms with Gasteiger partial charge < -0.3 is 24.5 Å². The molecule has 0 radical (unpaired) electrons. The van der Waals surface area contributed by atoms with Crippen molar-refractivity contribution in [1.82, 2.24) is 9.29 Å². The average Bonchev–Trinajstić information content (AvgIpc) is 3.43. The standard InChI is InChI=1S/C23H25ClN4O6S/c24-21-15-17(8-9-25-21)28-12-11-27(35(28,22(29)30)23(31)32)10-2-1-3-13-34-18-5-6-19-16(14-18)4-7-20(19)26-33/h5-6,8-9,11-12,14-15,33H,1-4,7,10,13H2,(H,29,30)(H,31,32)/b26-20+. The van der Waals surface area contributed by atoms with Crippen molar-refractivity contribution in [2.75, 3.05) is 17.5 Å². The van der Waals surface area contributed by atoms with E-state index in [2.05, 4.69) is 10.1 Å². The smallest absolute Gasteiger partial charge is 0.393 e. The van der Waals surface area contributed by atoms with E-state index in [-0.39, 0.29) is 11.7 Å². The van der Waals surface area contributed by atoms with Gasteiger partial charge in [-0.15, -0.1) is 0 Å². The van der Waals surface area contributed by atoms with Crippen LogP contribution >= 0.6 is 22.0 Å². The predicted octanol–water partition coefficient (Wildman–Crippen LogP) is 5.69. The fraction of sp³-hybridized carbons (Fsp3) is 0.304. The number of hydrogen-bond donors (Lipinski definition) is 3. The highest BCUT2D eigenvalue weighted by Crippen LogP contribution is 2.61. The summed E-state index contributed by atoms with van der Waals surface area (Å²) in [6, 6.07) is 8.67. The van der Waals surface area contributed by atoms with Gasteiger partial charge >= 0.3 is 10.6 Å². The van der Waals surface area contributed by atoms with Crippen molar-refractivity contribution in [3.63, 3.8) is 0 Å². The Morgan fingerprint density at radius 1 is 1.09 bits per heavy atom. The lowest BCUT2D eigenvalue weighted by Gasteiger charge is -2.42. The molecule has 12 heteroatoms. The van der Waals surface area contributed by atoms with Crippen molar-refractivity contribution < 1.29 is 29.7 Å². The first-order chi connectivity index (χ1) is 16.9. The number of ether oxygens (including phenoxy) is 1. The Morgan fingerprint density at radius 3 is 2.60 bits per heavy atom. The third kappa shape index (κ3) is 4.73. The Bertz CT molecular complexity index is 1180. The first-order valence-electron chi connectivity index (χ1n) is 11.0. The summed E-state index contributed by atoms with van der Waals surface area (Å²) in [5, 5.41) is 29.7. The molecule has 0 atom stereocenters. The molecule has 0 saturated heterocycles. The maximum absolute atomic E-state index is 12.3. The quantitative estimate of drug-likeness (QED) is 0.173. The Hall–Kier alpha value is -3.44. The van der Waals surface area contributed by atoms with Crippen molar-refractivity contribution in [3.8, 4) is 5.75 Å². The van der Waals surface area contributed by atoms with E-state index in [1.165, 1.54) is 39.3 Å². The predicted molar refractivity (Wildman–Crippen MR) is 134 cm³/mol. The third-order valence-corrected chi connectivity index (χ3v) is 8.94. The Kier molecular flexibility index (Phi) is 7.37. The second-order valence-corrected chi connectivity index (χ2v) is 11.0. The minimum Gasteiger partial charge on any atom is -0.494 e. The summed E-state index contributed by atoms with van der Waals surface area (Å²) in [5.41, 5.74) is 3.08. The molecule has 1 aliphatic carbocycles. The maximum atomic E-state index is 12.3. The van der Waals surface area contributed by atoms with Gasteiger partial charge in [-0.2, -0.15) is 0 Å². The monoisotopic (exact) mass is 520 g/mol. The number of halogens is 1. The summed E-state index contributed by atoms with van der Waals surface area (Å²) in [5.74, 6) is 0.747. The number of oxime groups is 1. The van der Waals surface area contributed by atoms with Crippen LogP contribution < -0.4 is 9.04 Å². The number of unbranched alkanes of at least 4 members (excludes halogenated alkanes) is 2. The maximum Gasteiger partial charge on any atom is 0.393 e. The van der Waals surface area contributed by atoms with E-state index >= 15 is 0 Å². The molecular formula is C23H25ClN4O6S. The van der Waals surface area contributed by atoms with Gasteiger partial charge in [0.1, 0.15) is 21.3 Å². The Balaban J connectivity index is 1.32. The molecule has 35 heavy (non-hydrogen) atoms. The number of carboxylic acid groups (broad SMARTS) is 2. The molecule has 3 N–H and O–H groups in total. The zero-order valence-electron chi connectivity index (χ0n) is 18.7. The van der Waals surface area contributed by atoms with Gasteiger partial charge in [-0.05, 0) is 61.9 Å². The van der Waals surface area contributed by atoms with Gasteiger partial charge in [-0.25, -0.2) is 14.6 Å². The molecule has 1 aliphatic heterocycles. The molecule has 0 unspecified atom stereocenters. The van der Waals surface area contributed by atoms with Gasteiger partial charge in [0.25, 0.3) is 0 Å². The van der Waals surface area contributed by atoms with E-state index in [4.69, 9.17) is 21.5 Å². The highest BCUT2D eigenvalue weighted by atomic mass is 35.5. The molecule has 2 heterocycles. The van der Waals surface area contributed by atoms with Crippen LogP contribution in [0.15, 0.2) is 54.1 Å².